The largest absolute Gasteiger partial charge is 0.297 e. The van der Waals surface area contributed by atoms with E-state index in [2.05, 4.69) is 20.9 Å². The van der Waals surface area contributed by atoms with Crippen molar-refractivity contribution in [1.29, 1.82) is 0 Å². The van der Waals surface area contributed by atoms with Crippen LogP contribution in [0, 0.1) is 0 Å². The van der Waals surface area contributed by atoms with Crippen LogP contribution in [0.25, 0.3) is 16.4 Å². The van der Waals surface area contributed by atoms with Gasteiger partial charge in [-0.15, -0.1) is 0 Å². The minimum Gasteiger partial charge on any atom is -0.297 e. The molecule has 3 nitrogen and oxygen atoms in total. The molecule has 0 saturated carbocycles. The summed E-state index contributed by atoms with van der Waals surface area (Å²) in [5.74, 6) is 0. The zero-order valence-corrected chi connectivity index (χ0v) is 9.81. The predicted octanol–water partition coefficient (Wildman–Crippen LogP) is 3.06. The van der Waals surface area contributed by atoms with Crippen molar-refractivity contribution in [3.63, 3.8) is 0 Å². The van der Waals surface area contributed by atoms with E-state index >= 15 is 0 Å². The van der Waals surface area contributed by atoms with E-state index in [0.717, 1.165) is 27.2 Å². The van der Waals surface area contributed by atoms with Crippen LogP contribution in [0.15, 0.2) is 41.1 Å². The summed E-state index contributed by atoms with van der Waals surface area (Å²) in [5.41, 5.74) is 1.36. The molecule has 0 aliphatic carbocycles. The number of rotatable bonds is 1. The fraction of sp³-hybridized carbons (Fsp3) is 0. The van der Waals surface area contributed by atoms with E-state index in [4.69, 9.17) is 0 Å². The molecule has 0 N–H and O–H groups in total. The molecule has 78 valence electrons. The quantitative estimate of drug-likeness (QED) is 0.640. The Bertz CT molecular complexity index is 703. The average molecular weight is 275 g/mol. The highest BCUT2D eigenvalue weighted by atomic mass is 79.9. The molecule has 0 radical (unpaired) electrons. The summed E-state index contributed by atoms with van der Waals surface area (Å²) in [6.45, 7) is 0. The van der Waals surface area contributed by atoms with Crippen molar-refractivity contribution in [2.75, 3.05) is 0 Å². The molecule has 0 fully saturated rings. The topological polar surface area (TPSA) is 34.4 Å². The van der Waals surface area contributed by atoms with Gasteiger partial charge in [-0.05, 0) is 17.5 Å². The SMILES string of the molecule is O=Cc1cnc2c3c(Br)cccc3ccn12. The Hall–Kier alpha value is -1.68. The molecule has 0 bridgehead atoms. The van der Waals surface area contributed by atoms with E-state index < -0.39 is 0 Å². The number of pyridine rings is 1. The van der Waals surface area contributed by atoms with Gasteiger partial charge in [0, 0.05) is 16.1 Å². The summed E-state index contributed by atoms with van der Waals surface area (Å²) in [6.07, 6.45) is 4.25. The molecule has 0 unspecified atom stereocenters. The number of halogens is 1. The smallest absolute Gasteiger partial charge is 0.168 e. The van der Waals surface area contributed by atoms with Crippen LogP contribution < -0.4 is 0 Å². The monoisotopic (exact) mass is 274 g/mol. The lowest BCUT2D eigenvalue weighted by Crippen LogP contribution is -1.91. The number of aromatic nitrogens is 2. The first-order chi connectivity index (χ1) is 7.81. The van der Waals surface area contributed by atoms with Crippen molar-refractivity contribution in [3.05, 3.63) is 46.8 Å². The van der Waals surface area contributed by atoms with Gasteiger partial charge in [-0.2, -0.15) is 0 Å². The Morgan fingerprint density at radius 3 is 3.00 bits per heavy atom. The van der Waals surface area contributed by atoms with Crippen LogP contribution in [0.3, 0.4) is 0 Å². The maximum Gasteiger partial charge on any atom is 0.168 e. The Morgan fingerprint density at radius 1 is 1.31 bits per heavy atom. The van der Waals surface area contributed by atoms with Gasteiger partial charge in [-0.3, -0.25) is 9.20 Å². The molecular formula is C12H7BrN2O. The van der Waals surface area contributed by atoms with Crippen LogP contribution >= 0.6 is 15.9 Å². The van der Waals surface area contributed by atoms with E-state index in [1.165, 1.54) is 0 Å². The number of carbonyl (C=O) groups excluding carboxylic acids is 1. The Labute approximate surface area is 99.8 Å². The minimum absolute atomic E-state index is 0.563. The van der Waals surface area contributed by atoms with Crippen molar-refractivity contribution < 1.29 is 4.79 Å². The van der Waals surface area contributed by atoms with Crippen molar-refractivity contribution >= 4 is 38.6 Å². The van der Waals surface area contributed by atoms with Gasteiger partial charge in [-0.1, -0.05) is 28.1 Å². The van der Waals surface area contributed by atoms with Crippen molar-refractivity contribution in [2.24, 2.45) is 0 Å². The predicted molar refractivity (Wildman–Crippen MR) is 65.8 cm³/mol. The highest BCUT2D eigenvalue weighted by molar-refractivity contribution is 9.10. The highest BCUT2D eigenvalue weighted by Gasteiger charge is 2.08. The van der Waals surface area contributed by atoms with Crippen molar-refractivity contribution in [2.45, 2.75) is 0 Å². The van der Waals surface area contributed by atoms with Gasteiger partial charge in [0.25, 0.3) is 0 Å². The highest BCUT2D eigenvalue weighted by Crippen LogP contribution is 2.27. The van der Waals surface area contributed by atoms with E-state index in [1.54, 1.807) is 10.6 Å². The number of aldehydes is 1. The zero-order chi connectivity index (χ0) is 11.1. The normalized spacial score (nSPS) is 11.1. The van der Waals surface area contributed by atoms with Gasteiger partial charge < -0.3 is 0 Å². The van der Waals surface area contributed by atoms with Gasteiger partial charge in [0.05, 0.1) is 6.20 Å². The summed E-state index contributed by atoms with van der Waals surface area (Å²) in [7, 11) is 0. The van der Waals surface area contributed by atoms with E-state index in [0.29, 0.717) is 5.69 Å². The molecule has 0 spiro atoms. The van der Waals surface area contributed by atoms with Crippen LogP contribution in [0.2, 0.25) is 0 Å². The molecule has 3 rings (SSSR count). The molecule has 3 aromatic rings. The molecule has 0 aliphatic heterocycles. The molecule has 2 aromatic heterocycles. The third-order valence-electron chi connectivity index (χ3n) is 2.62. The second-order valence-electron chi connectivity index (χ2n) is 3.51. The Balaban J connectivity index is 2.59. The molecule has 4 heteroatoms. The number of fused-ring (bicyclic) bond motifs is 3. The summed E-state index contributed by atoms with van der Waals surface area (Å²) in [6, 6.07) is 7.95. The number of nitrogens with zero attached hydrogens (tertiary/aromatic N) is 2. The van der Waals surface area contributed by atoms with Crippen LogP contribution in [0.4, 0.5) is 0 Å². The fourth-order valence-electron chi connectivity index (χ4n) is 1.87. The first-order valence-corrected chi connectivity index (χ1v) is 5.60. The lowest BCUT2D eigenvalue weighted by Gasteiger charge is -2.03. The Morgan fingerprint density at radius 2 is 2.19 bits per heavy atom. The second-order valence-corrected chi connectivity index (χ2v) is 4.37. The number of imidazole rings is 1. The van der Waals surface area contributed by atoms with Crippen LogP contribution in [0.1, 0.15) is 10.5 Å². The summed E-state index contributed by atoms with van der Waals surface area (Å²) in [5, 5.41) is 2.13. The second kappa shape index (κ2) is 3.42. The maximum absolute atomic E-state index is 10.8. The van der Waals surface area contributed by atoms with Crippen molar-refractivity contribution in [3.8, 4) is 0 Å². The molecule has 2 heterocycles. The summed E-state index contributed by atoms with van der Waals surface area (Å²) >= 11 is 3.51. The van der Waals surface area contributed by atoms with E-state index in [9.17, 15) is 4.79 Å². The average Bonchev–Trinajstić information content (AvgIpc) is 2.72. The third kappa shape index (κ3) is 1.20. The summed E-state index contributed by atoms with van der Waals surface area (Å²) in [4.78, 5) is 15.1. The first-order valence-electron chi connectivity index (χ1n) is 4.81. The maximum atomic E-state index is 10.8. The Kier molecular flexibility index (Phi) is 2.04. The third-order valence-corrected chi connectivity index (χ3v) is 3.28. The zero-order valence-electron chi connectivity index (χ0n) is 8.22. The number of hydrogen-bond donors (Lipinski definition) is 0. The van der Waals surface area contributed by atoms with Crippen molar-refractivity contribution in [1.82, 2.24) is 9.38 Å². The minimum atomic E-state index is 0.563. The van der Waals surface area contributed by atoms with Gasteiger partial charge in [0.15, 0.2) is 6.29 Å². The van der Waals surface area contributed by atoms with Gasteiger partial charge in [0.2, 0.25) is 0 Å². The van der Waals surface area contributed by atoms with E-state index in [1.807, 2.05) is 30.5 Å². The van der Waals surface area contributed by atoms with Gasteiger partial charge in [-0.25, -0.2) is 4.98 Å². The van der Waals surface area contributed by atoms with E-state index in [-0.39, 0.29) is 0 Å². The molecule has 0 saturated heterocycles. The van der Waals surface area contributed by atoms with Crippen LogP contribution in [-0.4, -0.2) is 15.7 Å². The number of benzene rings is 1. The molecule has 0 atom stereocenters. The standard InChI is InChI=1S/C12H7BrN2O/c13-10-3-1-2-8-4-5-15-9(7-16)6-14-12(15)11(8)10/h1-7H. The first kappa shape index (κ1) is 9.54. The summed E-state index contributed by atoms with van der Waals surface area (Å²) < 4.78 is 2.78. The molecule has 0 amide bonds. The molecule has 0 aliphatic rings. The fourth-order valence-corrected chi connectivity index (χ4v) is 2.43. The molecular weight excluding hydrogens is 268 g/mol. The lowest BCUT2D eigenvalue weighted by molar-refractivity contribution is 0.111. The van der Waals surface area contributed by atoms with Crippen LogP contribution in [-0.2, 0) is 0 Å². The molecule has 16 heavy (non-hydrogen) atoms. The van der Waals surface area contributed by atoms with Crippen LogP contribution in [0.5, 0.6) is 0 Å². The number of hydrogen-bond acceptors (Lipinski definition) is 2. The molecule has 1 aromatic carbocycles. The number of carbonyl (C=O) groups is 1. The van der Waals surface area contributed by atoms with Gasteiger partial charge in [0.1, 0.15) is 11.3 Å². The van der Waals surface area contributed by atoms with Gasteiger partial charge >= 0.3 is 0 Å². The lowest BCUT2D eigenvalue weighted by atomic mass is 10.2.